The molecular formula is C26H29Cl3N3+. The van der Waals surface area contributed by atoms with Crippen LogP contribution in [0, 0.1) is 6.92 Å². The van der Waals surface area contributed by atoms with Gasteiger partial charge >= 0.3 is 0 Å². The zero-order valence-electron chi connectivity index (χ0n) is 18.7. The normalized spacial score (nSPS) is 14.4. The number of likely N-dealkylation sites (N-methyl/N-ethyl adjacent to an activating group) is 1. The number of benzene rings is 2. The van der Waals surface area contributed by atoms with Gasteiger partial charge in [-0.2, -0.15) is 0 Å². The summed E-state index contributed by atoms with van der Waals surface area (Å²) < 4.78 is 2.04. The van der Waals surface area contributed by atoms with Crippen LogP contribution >= 0.6 is 34.8 Å². The van der Waals surface area contributed by atoms with Gasteiger partial charge in [-0.15, -0.1) is 0 Å². The van der Waals surface area contributed by atoms with Gasteiger partial charge in [0.25, 0.3) is 0 Å². The van der Waals surface area contributed by atoms with E-state index in [1.54, 1.807) is 12.1 Å². The molecule has 0 N–H and O–H groups in total. The van der Waals surface area contributed by atoms with Gasteiger partial charge in [0.05, 0.1) is 10.0 Å². The minimum atomic E-state index is 0.497. The summed E-state index contributed by atoms with van der Waals surface area (Å²) in [6.07, 6.45) is 8.46. The monoisotopic (exact) mass is 488 g/mol. The van der Waals surface area contributed by atoms with Crippen LogP contribution < -0.4 is 9.47 Å². The molecule has 2 aromatic carbocycles. The molecule has 2 heterocycles. The molecular weight excluding hydrogens is 461 g/mol. The Balaban J connectivity index is 0.000000243. The maximum atomic E-state index is 5.74. The number of rotatable bonds is 3. The molecule has 0 aliphatic carbocycles. The first kappa shape index (κ1) is 24.6. The summed E-state index contributed by atoms with van der Waals surface area (Å²) in [6, 6.07) is 16.5. The third kappa shape index (κ3) is 7.25. The molecule has 0 radical (unpaired) electrons. The molecule has 1 aliphatic rings. The van der Waals surface area contributed by atoms with Crippen molar-refractivity contribution in [2.24, 2.45) is 7.05 Å². The van der Waals surface area contributed by atoms with Gasteiger partial charge in [-0.3, -0.25) is 0 Å². The molecule has 168 valence electrons. The third-order valence-electron chi connectivity index (χ3n) is 5.44. The third-order valence-corrected chi connectivity index (χ3v) is 6.56. The molecule has 3 nitrogen and oxygen atoms in total. The van der Waals surface area contributed by atoms with Crippen LogP contribution in [0.3, 0.4) is 0 Å². The fourth-order valence-electron chi connectivity index (χ4n) is 3.30. The van der Waals surface area contributed by atoms with Crippen molar-refractivity contribution >= 4 is 52.6 Å². The van der Waals surface area contributed by atoms with Crippen LogP contribution in [-0.4, -0.2) is 38.1 Å². The van der Waals surface area contributed by atoms with E-state index in [-0.39, 0.29) is 0 Å². The van der Waals surface area contributed by atoms with Gasteiger partial charge in [0.15, 0.2) is 12.4 Å². The van der Waals surface area contributed by atoms with Crippen molar-refractivity contribution in [2.45, 2.75) is 6.92 Å². The predicted molar refractivity (Wildman–Crippen MR) is 139 cm³/mol. The van der Waals surface area contributed by atoms with E-state index in [0.717, 1.165) is 31.7 Å². The van der Waals surface area contributed by atoms with Crippen LogP contribution in [0.1, 0.15) is 16.7 Å². The van der Waals surface area contributed by atoms with Crippen LogP contribution in [0.15, 0.2) is 60.9 Å². The summed E-state index contributed by atoms with van der Waals surface area (Å²) in [5, 5.41) is 1.69. The van der Waals surface area contributed by atoms with Crippen LogP contribution in [0.4, 0.5) is 5.69 Å². The van der Waals surface area contributed by atoms with E-state index in [0.29, 0.717) is 15.1 Å². The van der Waals surface area contributed by atoms with Gasteiger partial charge < -0.3 is 9.80 Å². The van der Waals surface area contributed by atoms with Gasteiger partial charge in [-0.05, 0) is 54.9 Å². The Kier molecular flexibility index (Phi) is 9.01. The lowest BCUT2D eigenvalue weighted by Gasteiger charge is -2.34. The lowest BCUT2D eigenvalue weighted by Crippen LogP contribution is -2.44. The summed E-state index contributed by atoms with van der Waals surface area (Å²) in [7, 11) is 4.22. The molecule has 0 spiro atoms. The summed E-state index contributed by atoms with van der Waals surface area (Å²) in [5.74, 6) is 0. The highest BCUT2D eigenvalue weighted by Crippen LogP contribution is 2.28. The molecule has 0 amide bonds. The first-order chi connectivity index (χ1) is 15.3. The predicted octanol–water partition coefficient (Wildman–Crippen LogP) is 6.39. The lowest BCUT2D eigenvalue weighted by molar-refractivity contribution is -0.671. The highest BCUT2D eigenvalue weighted by molar-refractivity contribution is 6.43. The van der Waals surface area contributed by atoms with Gasteiger partial charge in [-0.1, -0.05) is 59.1 Å². The first-order valence-electron chi connectivity index (χ1n) is 10.6. The molecule has 4 rings (SSSR count). The highest BCUT2D eigenvalue weighted by Gasteiger charge is 2.13. The van der Waals surface area contributed by atoms with Crippen molar-refractivity contribution in [1.29, 1.82) is 0 Å². The minimum absolute atomic E-state index is 0.497. The fraction of sp³-hybridized carbons (Fsp3) is 0.269. The standard InChI is InChI=1S/C19H24N3.C7H5Cl3/c1-20-11-9-18(10-12-20)4-3-17-5-7-19(8-6-17)22-15-13-21(2)14-16-22;1-4-2-6(9)7(10)3-5(4)8/h3-12H,13-16H2,1-2H3;2-3H,1H3/q+1;. The van der Waals surface area contributed by atoms with Crippen molar-refractivity contribution in [3.63, 3.8) is 0 Å². The zero-order valence-corrected chi connectivity index (χ0v) is 21.0. The molecule has 0 saturated carbocycles. The fourth-order valence-corrected chi connectivity index (χ4v) is 3.90. The molecule has 0 atom stereocenters. The van der Waals surface area contributed by atoms with E-state index in [1.165, 1.54) is 16.8 Å². The molecule has 6 heteroatoms. The van der Waals surface area contributed by atoms with Crippen molar-refractivity contribution in [3.8, 4) is 0 Å². The highest BCUT2D eigenvalue weighted by atomic mass is 35.5. The van der Waals surface area contributed by atoms with Gasteiger partial charge in [0.1, 0.15) is 7.05 Å². The number of hydrogen-bond acceptors (Lipinski definition) is 2. The van der Waals surface area contributed by atoms with E-state index >= 15 is 0 Å². The van der Waals surface area contributed by atoms with Crippen molar-refractivity contribution in [1.82, 2.24) is 4.90 Å². The van der Waals surface area contributed by atoms with Gasteiger partial charge in [-0.25, -0.2) is 4.57 Å². The van der Waals surface area contributed by atoms with Gasteiger partial charge in [0, 0.05) is 49.0 Å². The van der Waals surface area contributed by atoms with E-state index in [4.69, 9.17) is 34.8 Å². The van der Waals surface area contributed by atoms with Crippen LogP contribution in [0.2, 0.25) is 15.1 Å². The minimum Gasteiger partial charge on any atom is -0.369 e. The molecule has 1 aromatic heterocycles. The number of piperazine rings is 1. The van der Waals surface area contributed by atoms with Gasteiger partial charge in [0.2, 0.25) is 0 Å². The van der Waals surface area contributed by atoms with Crippen molar-refractivity contribution in [2.75, 3.05) is 38.1 Å². The number of aromatic nitrogens is 1. The van der Waals surface area contributed by atoms with E-state index in [9.17, 15) is 0 Å². The molecule has 3 aromatic rings. The maximum absolute atomic E-state index is 5.74. The Morgan fingerprint density at radius 2 is 1.28 bits per heavy atom. The molecule has 1 fully saturated rings. The van der Waals surface area contributed by atoms with Crippen LogP contribution in [-0.2, 0) is 7.05 Å². The first-order valence-corrected chi connectivity index (χ1v) is 11.7. The smallest absolute Gasteiger partial charge is 0.169 e. The Bertz CT molecular complexity index is 989. The molecule has 0 bridgehead atoms. The van der Waals surface area contributed by atoms with Crippen LogP contribution in [0.25, 0.3) is 12.2 Å². The number of halogens is 3. The van der Waals surface area contributed by atoms with E-state index in [1.807, 2.05) is 18.5 Å². The van der Waals surface area contributed by atoms with Crippen LogP contribution in [0.5, 0.6) is 0 Å². The number of anilines is 1. The Morgan fingerprint density at radius 1 is 0.750 bits per heavy atom. The van der Waals surface area contributed by atoms with Crippen molar-refractivity contribution in [3.05, 3.63) is 92.7 Å². The Labute approximate surface area is 206 Å². The second-order valence-corrected chi connectivity index (χ2v) is 9.25. The molecule has 0 unspecified atom stereocenters. The Morgan fingerprint density at radius 3 is 1.84 bits per heavy atom. The zero-order chi connectivity index (χ0) is 23.1. The summed E-state index contributed by atoms with van der Waals surface area (Å²) in [4.78, 5) is 4.85. The number of pyridine rings is 1. The summed E-state index contributed by atoms with van der Waals surface area (Å²) in [6.45, 7) is 6.41. The SMILES string of the molecule is CN1CCN(c2ccc(/C=C/c3cc[n+](C)cc3)cc2)CC1.Cc1cc(Cl)c(Cl)cc1Cl. The quantitative estimate of drug-likeness (QED) is 0.312. The van der Waals surface area contributed by atoms with E-state index < -0.39 is 0 Å². The maximum Gasteiger partial charge on any atom is 0.169 e. The van der Waals surface area contributed by atoms with Crippen molar-refractivity contribution < 1.29 is 4.57 Å². The largest absolute Gasteiger partial charge is 0.369 e. The molecule has 1 saturated heterocycles. The topological polar surface area (TPSA) is 10.4 Å². The number of nitrogens with zero attached hydrogens (tertiary/aromatic N) is 3. The average molecular weight is 490 g/mol. The molecule has 1 aliphatic heterocycles. The summed E-state index contributed by atoms with van der Waals surface area (Å²) in [5.41, 5.74) is 4.74. The molecule has 32 heavy (non-hydrogen) atoms. The number of hydrogen-bond donors (Lipinski definition) is 0. The second kappa shape index (κ2) is 11.7. The average Bonchev–Trinajstić information content (AvgIpc) is 2.79. The second-order valence-electron chi connectivity index (χ2n) is 8.03. The van der Waals surface area contributed by atoms with E-state index in [2.05, 4.69) is 77.8 Å². The number of aryl methyl sites for hydroxylation is 2. The Hall–Kier alpha value is -2.04. The lowest BCUT2D eigenvalue weighted by atomic mass is 10.1. The summed E-state index contributed by atoms with van der Waals surface area (Å²) >= 11 is 17.1.